The van der Waals surface area contributed by atoms with Crippen molar-refractivity contribution < 1.29 is 14.4 Å². The number of amides is 3. The molecule has 1 fully saturated rings. The summed E-state index contributed by atoms with van der Waals surface area (Å²) in [6.45, 7) is 5.16. The van der Waals surface area contributed by atoms with E-state index in [1.54, 1.807) is 6.92 Å². The van der Waals surface area contributed by atoms with E-state index in [4.69, 9.17) is 5.73 Å². The summed E-state index contributed by atoms with van der Waals surface area (Å²) in [6, 6.07) is 7.13. The summed E-state index contributed by atoms with van der Waals surface area (Å²) in [7, 11) is 0. The normalized spacial score (nSPS) is 14.2. The molecule has 0 spiro atoms. The minimum Gasteiger partial charge on any atom is -0.368 e. The summed E-state index contributed by atoms with van der Waals surface area (Å²) in [5, 5.41) is 2.55. The Kier molecular flexibility index (Phi) is 7.44. The number of unbranched alkanes of at least 4 members (excludes halogenated alkanes) is 2. The number of carbonyl (C=O) groups excluding carboxylic acids is 3. The Hall–Kier alpha value is -2.57. The number of hydrogen-bond acceptors (Lipinski definition) is 4. The fourth-order valence-corrected chi connectivity index (χ4v) is 3.07. The van der Waals surface area contributed by atoms with Gasteiger partial charge in [-0.3, -0.25) is 9.59 Å². The molecule has 0 aliphatic carbocycles. The van der Waals surface area contributed by atoms with Crippen LogP contribution < -0.4 is 16.0 Å². The van der Waals surface area contributed by atoms with Gasteiger partial charge in [-0.1, -0.05) is 6.42 Å². The third kappa shape index (κ3) is 6.06. The second-order valence-corrected chi connectivity index (χ2v) is 6.57. The zero-order valence-corrected chi connectivity index (χ0v) is 15.4. The maximum absolute atomic E-state index is 12.3. The zero-order valence-electron chi connectivity index (χ0n) is 15.4. The Morgan fingerprint density at radius 3 is 2.23 bits per heavy atom. The van der Waals surface area contributed by atoms with E-state index >= 15 is 0 Å². The van der Waals surface area contributed by atoms with E-state index in [2.05, 4.69) is 10.2 Å². The Morgan fingerprint density at radius 1 is 1.00 bits per heavy atom. The van der Waals surface area contributed by atoms with Crippen LogP contribution in [0.4, 0.5) is 10.5 Å². The van der Waals surface area contributed by atoms with Gasteiger partial charge >= 0.3 is 6.03 Å². The molecule has 0 aromatic heterocycles. The van der Waals surface area contributed by atoms with Gasteiger partial charge in [-0.25, -0.2) is 4.79 Å². The van der Waals surface area contributed by atoms with E-state index in [1.165, 1.54) is 0 Å². The molecule has 0 radical (unpaired) electrons. The topological polar surface area (TPSA) is 95.7 Å². The molecule has 2 rings (SSSR count). The Balaban J connectivity index is 1.68. The number of urea groups is 1. The van der Waals surface area contributed by atoms with Crippen LogP contribution in [0.15, 0.2) is 24.3 Å². The van der Waals surface area contributed by atoms with Gasteiger partial charge < -0.3 is 20.9 Å². The number of nitrogens with one attached hydrogen (secondary N) is 1. The Bertz CT molecular complexity index is 622. The SMILES string of the molecule is CC(=O)c1ccc(N2CCN(C(=O)CCCCCNC(N)=O)CC2)cc1. The van der Waals surface area contributed by atoms with Crippen LogP contribution in [0.2, 0.25) is 0 Å². The number of primary amides is 1. The lowest BCUT2D eigenvalue weighted by molar-refractivity contribution is -0.131. The summed E-state index contributed by atoms with van der Waals surface area (Å²) >= 11 is 0. The first-order chi connectivity index (χ1) is 12.5. The number of carbonyl (C=O) groups is 3. The molecule has 0 unspecified atom stereocenters. The van der Waals surface area contributed by atoms with Gasteiger partial charge in [-0.15, -0.1) is 0 Å². The highest BCUT2D eigenvalue weighted by atomic mass is 16.2. The summed E-state index contributed by atoms with van der Waals surface area (Å²) in [5.41, 5.74) is 6.80. The monoisotopic (exact) mass is 360 g/mol. The Labute approximate surface area is 154 Å². The van der Waals surface area contributed by atoms with Crippen LogP contribution in [0, 0.1) is 0 Å². The van der Waals surface area contributed by atoms with Crippen LogP contribution in [0.25, 0.3) is 0 Å². The number of ketones is 1. The molecule has 3 amide bonds. The van der Waals surface area contributed by atoms with E-state index in [1.807, 2.05) is 29.2 Å². The molecule has 26 heavy (non-hydrogen) atoms. The summed E-state index contributed by atoms with van der Waals surface area (Å²) < 4.78 is 0. The van der Waals surface area contributed by atoms with Gasteiger partial charge in [0.1, 0.15) is 0 Å². The van der Waals surface area contributed by atoms with Crippen molar-refractivity contribution in [1.82, 2.24) is 10.2 Å². The van der Waals surface area contributed by atoms with Crippen LogP contribution in [-0.4, -0.2) is 55.3 Å². The second kappa shape index (κ2) is 9.79. The lowest BCUT2D eigenvalue weighted by Gasteiger charge is -2.36. The van der Waals surface area contributed by atoms with Gasteiger partial charge in [-0.2, -0.15) is 0 Å². The molecule has 0 saturated carbocycles. The molecule has 1 aromatic carbocycles. The molecule has 3 N–H and O–H groups in total. The number of benzene rings is 1. The van der Waals surface area contributed by atoms with Crippen molar-refractivity contribution in [3.8, 4) is 0 Å². The third-order valence-corrected chi connectivity index (χ3v) is 4.64. The predicted octanol–water partition coefficient (Wildman–Crippen LogP) is 1.77. The van der Waals surface area contributed by atoms with Gasteiger partial charge in [0.25, 0.3) is 0 Å². The molecule has 1 saturated heterocycles. The molecule has 0 bridgehead atoms. The molecule has 1 heterocycles. The van der Waals surface area contributed by atoms with Gasteiger partial charge in [0.15, 0.2) is 5.78 Å². The molecule has 1 aliphatic heterocycles. The Morgan fingerprint density at radius 2 is 1.65 bits per heavy atom. The molecular formula is C19H28N4O3. The van der Waals surface area contributed by atoms with E-state index in [0.717, 1.165) is 51.1 Å². The fraction of sp³-hybridized carbons (Fsp3) is 0.526. The van der Waals surface area contributed by atoms with Gasteiger partial charge in [0.2, 0.25) is 5.91 Å². The zero-order chi connectivity index (χ0) is 18.9. The van der Waals surface area contributed by atoms with Crippen molar-refractivity contribution >= 4 is 23.4 Å². The summed E-state index contributed by atoms with van der Waals surface area (Å²) in [6.07, 6.45) is 3.10. The average molecular weight is 360 g/mol. The van der Waals surface area contributed by atoms with Crippen molar-refractivity contribution in [3.05, 3.63) is 29.8 Å². The lowest BCUT2D eigenvalue weighted by atomic mass is 10.1. The third-order valence-electron chi connectivity index (χ3n) is 4.64. The molecule has 0 atom stereocenters. The van der Waals surface area contributed by atoms with Crippen LogP contribution in [0.1, 0.15) is 43.0 Å². The number of rotatable bonds is 8. The van der Waals surface area contributed by atoms with Crippen molar-refractivity contribution in [1.29, 1.82) is 0 Å². The van der Waals surface area contributed by atoms with Crippen LogP contribution in [0.5, 0.6) is 0 Å². The largest absolute Gasteiger partial charge is 0.368 e. The highest BCUT2D eigenvalue weighted by molar-refractivity contribution is 5.94. The molecule has 1 aliphatic rings. The van der Waals surface area contributed by atoms with E-state index < -0.39 is 6.03 Å². The summed E-state index contributed by atoms with van der Waals surface area (Å²) in [4.78, 5) is 38.3. The molecule has 1 aromatic rings. The number of Topliss-reactive ketones (excluding diaryl/α,β-unsaturated/α-hetero) is 1. The quantitative estimate of drug-likeness (QED) is 0.545. The first-order valence-electron chi connectivity index (χ1n) is 9.14. The molecule has 7 heteroatoms. The highest BCUT2D eigenvalue weighted by Crippen LogP contribution is 2.18. The number of anilines is 1. The second-order valence-electron chi connectivity index (χ2n) is 6.57. The van der Waals surface area contributed by atoms with E-state index in [0.29, 0.717) is 18.5 Å². The van der Waals surface area contributed by atoms with Crippen LogP contribution >= 0.6 is 0 Å². The lowest BCUT2D eigenvalue weighted by Crippen LogP contribution is -2.48. The maximum atomic E-state index is 12.3. The molecule has 142 valence electrons. The van der Waals surface area contributed by atoms with E-state index in [-0.39, 0.29) is 11.7 Å². The van der Waals surface area contributed by atoms with Crippen molar-refractivity contribution in [3.63, 3.8) is 0 Å². The van der Waals surface area contributed by atoms with Gasteiger partial charge in [0, 0.05) is 50.4 Å². The summed E-state index contributed by atoms with van der Waals surface area (Å²) in [5.74, 6) is 0.261. The van der Waals surface area contributed by atoms with Crippen molar-refractivity contribution in [2.45, 2.75) is 32.6 Å². The van der Waals surface area contributed by atoms with Crippen molar-refractivity contribution in [2.24, 2.45) is 5.73 Å². The maximum Gasteiger partial charge on any atom is 0.312 e. The van der Waals surface area contributed by atoms with Gasteiger partial charge in [-0.05, 0) is 44.0 Å². The van der Waals surface area contributed by atoms with Crippen LogP contribution in [-0.2, 0) is 4.79 Å². The first kappa shape index (κ1) is 19.8. The van der Waals surface area contributed by atoms with Crippen molar-refractivity contribution in [2.75, 3.05) is 37.6 Å². The number of nitrogens with two attached hydrogens (primary N) is 1. The number of piperazine rings is 1. The van der Waals surface area contributed by atoms with Crippen LogP contribution in [0.3, 0.4) is 0 Å². The number of hydrogen-bond donors (Lipinski definition) is 2. The minimum atomic E-state index is -0.505. The molecular weight excluding hydrogens is 332 g/mol. The van der Waals surface area contributed by atoms with Gasteiger partial charge in [0.05, 0.1) is 0 Å². The first-order valence-corrected chi connectivity index (χ1v) is 9.14. The average Bonchev–Trinajstić information content (AvgIpc) is 2.64. The number of nitrogens with zero attached hydrogens (tertiary/aromatic N) is 2. The predicted molar refractivity (Wildman–Crippen MR) is 101 cm³/mol. The smallest absolute Gasteiger partial charge is 0.312 e. The highest BCUT2D eigenvalue weighted by Gasteiger charge is 2.20. The molecule has 7 nitrogen and oxygen atoms in total. The minimum absolute atomic E-state index is 0.0670. The van der Waals surface area contributed by atoms with E-state index in [9.17, 15) is 14.4 Å². The standard InChI is InChI=1S/C19H28N4O3/c1-15(24)16-6-8-17(9-7-16)22-11-13-23(14-12-22)18(25)5-3-2-4-10-21-19(20)26/h6-9H,2-5,10-14H2,1H3,(H3,20,21,26). The fourth-order valence-electron chi connectivity index (χ4n) is 3.07.